The lowest BCUT2D eigenvalue weighted by atomic mass is 10.2. The van der Waals surface area contributed by atoms with Crippen molar-refractivity contribution < 1.29 is 9.90 Å². The number of carboxylic acids is 1. The molecule has 0 fully saturated rings. The van der Waals surface area contributed by atoms with Crippen LogP contribution >= 0.6 is 11.3 Å². The second-order valence-corrected chi connectivity index (χ2v) is 5.16. The fourth-order valence-electron chi connectivity index (χ4n) is 2.11. The second-order valence-electron chi connectivity index (χ2n) is 4.16. The highest BCUT2D eigenvalue weighted by Gasteiger charge is 2.21. The van der Waals surface area contributed by atoms with Gasteiger partial charge in [0.2, 0.25) is 0 Å². The molecule has 0 radical (unpaired) electrons. The smallest absolute Gasteiger partial charge is 0.346 e. The third kappa shape index (κ3) is 1.85. The molecule has 2 aromatic rings. The first kappa shape index (κ1) is 14.1. The SMILES string of the molecule is C#CCn1c(=O)c2c(C)c(C(=O)O)sc2n(CC)c1=O. The molecule has 7 heteroatoms. The molecule has 0 atom stereocenters. The molecule has 0 amide bonds. The standard InChI is InChI=1S/C13H12N2O4S/c1-4-6-15-10(16)8-7(3)9(12(17)18)20-11(8)14(5-2)13(15)19/h1H,5-6H2,2-3H3,(H,17,18). The summed E-state index contributed by atoms with van der Waals surface area (Å²) in [5.74, 6) is 1.16. The average molecular weight is 292 g/mol. The van der Waals surface area contributed by atoms with Crippen LogP contribution in [0.25, 0.3) is 10.2 Å². The van der Waals surface area contributed by atoms with Crippen molar-refractivity contribution in [2.75, 3.05) is 0 Å². The zero-order chi connectivity index (χ0) is 15.0. The van der Waals surface area contributed by atoms with Crippen molar-refractivity contribution in [3.8, 4) is 12.3 Å². The van der Waals surface area contributed by atoms with E-state index in [9.17, 15) is 14.4 Å². The van der Waals surface area contributed by atoms with E-state index in [0.29, 0.717) is 16.9 Å². The van der Waals surface area contributed by atoms with Gasteiger partial charge < -0.3 is 5.11 Å². The Hall–Kier alpha value is -2.33. The predicted octanol–water partition coefficient (Wildman–Crippen LogP) is 0.884. The molecule has 104 valence electrons. The first-order valence-electron chi connectivity index (χ1n) is 5.87. The largest absolute Gasteiger partial charge is 0.477 e. The van der Waals surface area contributed by atoms with Crippen LogP contribution in [0.15, 0.2) is 9.59 Å². The molecule has 2 aromatic heterocycles. The van der Waals surface area contributed by atoms with Gasteiger partial charge in [0.25, 0.3) is 5.56 Å². The molecule has 20 heavy (non-hydrogen) atoms. The number of carbonyl (C=O) groups is 1. The number of rotatable bonds is 3. The second kappa shape index (κ2) is 4.98. The lowest BCUT2D eigenvalue weighted by molar-refractivity contribution is 0.0701. The fraction of sp³-hybridized carbons (Fsp3) is 0.308. The van der Waals surface area contributed by atoms with Crippen molar-refractivity contribution in [2.45, 2.75) is 26.9 Å². The number of carboxylic acid groups (broad SMARTS) is 1. The highest BCUT2D eigenvalue weighted by molar-refractivity contribution is 7.20. The molecule has 2 rings (SSSR count). The number of terminal acetylenes is 1. The number of thiophene rings is 1. The van der Waals surface area contributed by atoms with Crippen LogP contribution in [-0.2, 0) is 13.1 Å². The Kier molecular flexibility index (Phi) is 3.51. The molecule has 6 nitrogen and oxygen atoms in total. The van der Waals surface area contributed by atoms with Gasteiger partial charge >= 0.3 is 11.7 Å². The zero-order valence-electron chi connectivity index (χ0n) is 11.0. The summed E-state index contributed by atoms with van der Waals surface area (Å²) in [6.45, 7) is 3.51. The maximum Gasteiger partial charge on any atom is 0.346 e. The number of hydrogen-bond donors (Lipinski definition) is 1. The lowest BCUT2D eigenvalue weighted by Gasteiger charge is -2.08. The van der Waals surface area contributed by atoms with Gasteiger partial charge in [0.05, 0.1) is 11.9 Å². The van der Waals surface area contributed by atoms with Gasteiger partial charge in [-0.2, -0.15) is 0 Å². The van der Waals surface area contributed by atoms with Gasteiger partial charge in [0, 0.05) is 6.54 Å². The molecule has 0 saturated heterocycles. The summed E-state index contributed by atoms with van der Waals surface area (Å²) in [4.78, 5) is 36.2. The molecule has 2 heterocycles. The fourth-order valence-corrected chi connectivity index (χ4v) is 3.30. The number of aromatic nitrogens is 2. The van der Waals surface area contributed by atoms with E-state index in [4.69, 9.17) is 11.5 Å². The van der Waals surface area contributed by atoms with Crippen molar-refractivity contribution in [3.05, 3.63) is 31.3 Å². The molecule has 0 saturated carbocycles. The Labute approximate surface area is 117 Å². The minimum atomic E-state index is -1.11. The Morgan fingerprint density at radius 1 is 1.40 bits per heavy atom. The Morgan fingerprint density at radius 2 is 2.05 bits per heavy atom. The predicted molar refractivity (Wildman–Crippen MR) is 76.5 cm³/mol. The minimum Gasteiger partial charge on any atom is -0.477 e. The summed E-state index contributed by atoms with van der Waals surface area (Å²) in [5.41, 5.74) is -0.675. The maximum atomic E-state index is 12.3. The van der Waals surface area contributed by atoms with Gasteiger partial charge in [-0.1, -0.05) is 5.92 Å². The van der Waals surface area contributed by atoms with E-state index in [1.54, 1.807) is 13.8 Å². The van der Waals surface area contributed by atoms with E-state index in [0.717, 1.165) is 15.9 Å². The number of aromatic carboxylic acids is 1. The highest BCUT2D eigenvalue weighted by Crippen LogP contribution is 2.27. The van der Waals surface area contributed by atoms with Crippen LogP contribution in [0.3, 0.4) is 0 Å². The Balaban J connectivity index is 3.07. The lowest BCUT2D eigenvalue weighted by Crippen LogP contribution is -2.39. The third-order valence-electron chi connectivity index (χ3n) is 3.05. The molecule has 0 aliphatic heterocycles. The number of hydrogen-bond acceptors (Lipinski definition) is 4. The van der Waals surface area contributed by atoms with Crippen LogP contribution in [0.2, 0.25) is 0 Å². The maximum absolute atomic E-state index is 12.3. The molecule has 0 bridgehead atoms. The summed E-state index contributed by atoms with van der Waals surface area (Å²) in [5, 5.41) is 9.40. The summed E-state index contributed by atoms with van der Waals surface area (Å²) in [6.07, 6.45) is 5.18. The molecule has 0 aromatic carbocycles. The first-order chi connectivity index (χ1) is 9.43. The van der Waals surface area contributed by atoms with Crippen molar-refractivity contribution >= 4 is 27.5 Å². The molecule has 0 spiro atoms. The van der Waals surface area contributed by atoms with Crippen LogP contribution in [0, 0.1) is 19.3 Å². The van der Waals surface area contributed by atoms with Crippen molar-refractivity contribution in [3.63, 3.8) is 0 Å². The average Bonchev–Trinajstić information content (AvgIpc) is 2.73. The van der Waals surface area contributed by atoms with E-state index in [1.165, 1.54) is 4.57 Å². The molecule has 1 N–H and O–H groups in total. The van der Waals surface area contributed by atoms with Gasteiger partial charge in [0.1, 0.15) is 9.71 Å². The molecular formula is C13H12N2O4S. The van der Waals surface area contributed by atoms with Gasteiger partial charge in [-0.3, -0.25) is 9.36 Å². The summed E-state index contributed by atoms with van der Waals surface area (Å²) in [7, 11) is 0. The normalized spacial score (nSPS) is 10.7. The Morgan fingerprint density at radius 3 is 2.55 bits per heavy atom. The Bertz CT molecular complexity index is 864. The van der Waals surface area contributed by atoms with E-state index in [1.807, 2.05) is 0 Å². The number of aryl methyl sites for hydroxylation is 2. The van der Waals surface area contributed by atoms with Crippen molar-refractivity contribution in [1.82, 2.24) is 9.13 Å². The van der Waals surface area contributed by atoms with Gasteiger partial charge in [-0.25, -0.2) is 14.2 Å². The van der Waals surface area contributed by atoms with Crippen molar-refractivity contribution in [1.29, 1.82) is 0 Å². The topological polar surface area (TPSA) is 81.3 Å². The molecule has 0 aliphatic carbocycles. The van der Waals surface area contributed by atoms with E-state index < -0.39 is 17.2 Å². The molecule has 0 aliphatic rings. The van der Waals surface area contributed by atoms with E-state index >= 15 is 0 Å². The monoisotopic (exact) mass is 292 g/mol. The summed E-state index contributed by atoms with van der Waals surface area (Å²) < 4.78 is 2.33. The first-order valence-corrected chi connectivity index (χ1v) is 6.69. The van der Waals surface area contributed by atoms with Gasteiger partial charge in [0.15, 0.2) is 0 Å². The van der Waals surface area contributed by atoms with Crippen LogP contribution in [0.5, 0.6) is 0 Å². The highest BCUT2D eigenvalue weighted by atomic mass is 32.1. The summed E-state index contributed by atoms with van der Waals surface area (Å²) in [6, 6.07) is 0. The quantitative estimate of drug-likeness (QED) is 0.852. The van der Waals surface area contributed by atoms with E-state index in [-0.39, 0.29) is 16.8 Å². The minimum absolute atomic E-state index is 0.0668. The number of nitrogens with zero attached hydrogens (tertiary/aromatic N) is 2. The van der Waals surface area contributed by atoms with Gasteiger partial charge in [-0.15, -0.1) is 17.8 Å². The van der Waals surface area contributed by atoms with Crippen LogP contribution in [-0.4, -0.2) is 20.2 Å². The third-order valence-corrected chi connectivity index (χ3v) is 4.36. The van der Waals surface area contributed by atoms with Crippen LogP contribution in [0.1, 0.15) is 22.2 Å². The van der Waals surface area contributed by atoms with Gasteiger partial charge in [-0.05, 0) is 19.4 Å². The molecule has 0 unspecified atom stereocenters. The molecular weight excluding hydrogens is 280 g/mol. The number of fused-ring (bicyclic) bond motifs is 1. The van der Waals surface area contributed by atoms with Crippen LogP contribution in [0.4, 0.5) is 0 Å². The zero-order valence-corrected chi connectivity index (χ0v) is 11.8. The summed E-state index contributed by atoms with van der Waals surface area (Å²) >= 11 is 0.937. The van der Waals surface area contributed by atoms with Crippen molar-refractivity contribution in [2.24, 2.45) is 0 Å². The van der Waals surface area contributed by atoms with E-state index in [2.05, 4.69) is 5.92 Å². The van der Waals surface area contributed by atoms with Crippen LogP contribution < -0.4 is 11.2 Å².